The number of carbonyl (C=O) groups is 2. The summed E-state index contributed by atoms with van der Waals surface area (Å²) in [5.41, 5.74) is 1.22. The smallest absolute Gasteiger partial charge is 0.227 e. The van der Waals surface area contributed by atoms with Crippen molar-refractivity contribution in [2.24, 2.45) is 5.92 Å². The Labute approximate surface area is 141 Å². The summed E-state index contributed by atoms with van der Waals surface area (Å²) in [6.45, 7) is 5.66. The zero-order valence-corrected chi connectivity index (χ0v) is 15.0. The molecule has 2 heterocycles. The summed E-state index contributed by atoms with van der Waals surface area (Å²) in [4.78, 5) is 33.9. The van der Waals surface area contributed by atoms with Crippen molar-refractivity contribution in [3.05, 3.63) is 15.6 Å². The van der Waals surface area contributed by atoms with Gasteiger partial charge in [-0.05, 0) is 32.6 Å². The van der Waals surface area contributed by atoms with Gasteiger partial charge in [-0.2, -0.15) is 0 Å². The molecule has 0 N–H and O–H groups in total. The van der Waals surface area contributed by atoms with Crippen LogP contribution in [-0.2, 0) is 16.0 Å². The molecule has 1 aromatic rings. The van der Waals surface area contributed by atoms with E-state index in [4.69, 9.17) is 4.98 Å². The first-order valence-corrected chi connectivity index (χ1v) is 9.24. The van der Waals surface area contributed by atoms with E-state index in [9.17, 15) is 9.59 Å². The second-order valence-corrected chi connectivity index (χ2v) is 8.09. The van der Waals surface area contributed by atoms with Crippen LogP contribution in [0.25, 0.3) is 0 Å². The molecule has 2 amide bonds. The van der Waals surface area contributed by atoms with Crippen LogP contribution in [-0.4, -0.2) is 53.3 Å². The van der Waals surface area contributed by atoms with Crippen LogP contribution in [0.4, 0.5) is 0 Å². The van der Waals surface area contributed by atoms with E-state index in [1.807, 2.05) is 11.9 Å². The van der Waals surface area contributed by atoms with Crippen molar-refractivity contribution in [2.45, 2.75) is 45.4 Å². The number of carbonyl (C=O) groups excluding carboxylic acids is 2. The standard InChI is InChI=1S/C17H25N3O2S/c1-11-18-16-13(5-4-6-15(16)23-11)9-19(3)17(22)14-7-8-20(10-14)12(2)21/h13-14H,4-10H2,1-3H3/t13-,14-/m0/s1. The molecule has 2 aliphatic rings. The molecular weight excluding hydrogens is 310 g/mol. The Kier molecular flexibility index (Phi) is 4.71. The van der Waals surface area contributed by atoms with Crippen LogP contribution < -0.4 is 0 Å². The monoisotopic (exact) mass is 335 g/mol. The van der Waals surface area contributed by atoms with Gasteiger partial charge < -0.3 is 9.80 Å². The lowest BCUT2D eigenvalue weighted by Gasteiger charge is -2.28. The van der Waals surface area contributed by atoms with Crippen molar-refractivity contribution in [2.75, 3.05) is 26.7 Å². The quantitative estimate of drug-likeness (QED) is 0.851. The second kappa shape index (κ2) is 6.59. The largest absolute Gasteiger partial charge is 0.345 e. The molecule has 0 aromatic carbocycles. The van der Waals surface area contributed by atoms with Gasteiger partial charge in [-0.25, -0.2) is 4.98 Å². The Morgan fingerprint density at radius 1 is 1.39 bits per heavy atom. The van der Waals surface area contributed by atoms with Gasteiger partial charge in [0.1, 0.15) is 0 Å². The third-order valence-electron chi connectivity index (χ3n) is 5.03. The Hall–Kier alpha value is -1.43. The Morgan fingerprint density at radius 2 is 2.17 bits per heavy atom. The number of aryl methyl sites for hydroxylation is 2. The van der Waals surface area contributed by atoms with Crippen molar-refractivity contribution < 1.29 is 9.59 Å². The van der Waals surface area contributed by atoms with Gasteiger partial charge in [0.25, 0.3) is 0 Å². The van der Waals surface area contributed by atoms with Crippen LogP contribution in [0.1, 0.15) is 47.7 Å². The molecule has 6 heteroatoms. The summed E-state index contributed by atoms with van der Waals surface area (Å²) < 4.78 is 0. The number of nitrogens with zero attached hydrogens (tertiary/aromatic N) is 3. The van der Waals surface area contributed by atoms with Gasteiger partial charge in [-0.15, -0.1) is 11.3 Å². The molecule has 1 aliphatic carbocycles. The van der Waals surface area contributed by atoms with Crippen molar-refractivity contribution in [3.8, 4) is 0 Å². The third kappa shape index (κ3) is 3.42. The normalized spacial score (nSPS) is 23.7. The number of fused-ring (bicyclic) bond motifs is 1. The van der Waals surface area contributed by atoms with Crippen molar-refractivity contribution in [1.82, 2.24) is 14.8 Å². The molecular formula is C17H25N3O2S. The number of aromatic nitrogens is 1. The van der Waals surface area contributed by atoms with Crippen LogP contribution in [0.3, 0.4) is 0 Å². The summed E-state index contributed by atoms with van der Waals surface area (Å²) in [5.74, 6) is 0.567. The van der Waals surface area contributed by atoms with E-state index in [1.165, 1.54) is 17.0 Å². The minimum Gasteiger partial charge on any atom is -0.345 e. The maximum absolute atomic E-state index is 12.7. The molecule has 0 unspecified atom stereocenters. The number of rotatable bonds is 3. The molecule has 5 nitrogen and oxygen atoms in total. The predicted molar refractivity (Wildman–Crippen MR) is 90.5 cm³/mol. The molecule has 0 radical (unpaired) electrons. The van der Waals surface area contributed by atoms with Gasteiger partial charge >= 0.3 is 0 Å². The molecule has 2 atom stereocenters. The first-order chi connectivity index (χ1) is 11.0. The molecule has 1 saturated heterocycles. The summed E-state index contributed by atoms with van der Waals surface area (Å²) in [7, 11) is 1.90. The highest BCUT2D eigenvalue weighted by Crippen LogP contribution is 2.35. The first kappa shape index (κ1) is 16.4. The lowest BCUT2D eigenvalue weighted by molar-refractivity contribution is -0.134. The molecule has 0 spiro atoms. The van der Waals surface area contributed by atoms with Crippen LogP contribution in [0.15, 0.2) is 0 Å². The zero-order chi connectivity index (χ0) is 16.6. The van der Waals surface area contributed by atoms with Crippen molar-refractivity contribution >= 4 is 23.2 Å². The molecule has 0 bridgehead atoms. The van der Waals surface area contributed by atoms with Gasteiger partial charge in [0.05, 0.1) is 16.6 Å². The van der Waals surface area contributed by atoms with E-state index in [0.29, 0.717) is 19.0 Å². The number of amides is 2. The maximum atomic E-state index is 12.7. The SMILES string of the molecule is CC(=O)N1CC[C@H](C(=O)N(C)C[C@@H]2CCCc3sc(C)nc32)C1. The van der Waals surface area contributed by atoms with Gasteiger partial charge in [0.2, 0.25) is 11.8 Å². The van der Waals surface area contributed by atoms with Gasteiger partial charge in [-0.1, -0.05) is 0 Å². The lowest BCUT2D eigenvalue weighted by atomic mass is 9.90. The van der Waals surface area contributed by atoms with Crippen LogP contribution in [0.2, 0.25) is 0 Å². The lowest BCUT2D eigenvalue weighted by Crippen LogP contribution is -2.38. The van der Waals surface area contributed by atoms with E-state index in [1.54, 1.807) is 23.2 Å². The molecule has 3 rings (SSSR count). The van der Waals surface area contributed by atoms with E-state index in [0.717, 1.165) is 30.8 Å². The average Bonchev–Trinajstić information content (AvgIpc) is 3.12. The molecule has 0 saturated carbocycles. The molecule has 1 aliphatic heterocycles. The van der Waals surface area contributed by atoms with E-state index < -0.39 is 0 Å². The maximum Gasteiger partial charge on any atom is 0.227 e. The molecule has 126 valence electrons. The van der Waals surface area contributed by atoms with Gasteiger partial charge in [-0.3, -0.25) is 9.59 Å². The minimum atomic E-state index is -0.0378. The van der Waals surface area contributed by atoms with Gasteiger partial charge in [0, 0.05) is 44.4 Å². The number of likely N-dealkylation sites (N-methyl/N-ethyl adjacent to an activating group) is 1. The molecule has 23 heavy (non-hydrogen) atoms. The fourth-order valence-corrected chi connectivity index (χ4v) is 4.85. The second-order valence-electron chi connectivity index (χ2n) is 6.80. The van der Waals surface area contributed by atoms with Crippen molar-refractivity contribution in [3.63, 3.8) is 0 Å². The number of hydrogen-bond donors (Lipinski definition) is 0. The Morgan fingerprint density at radius 3 is 2.87 bits per heavy atom. The predicted octanol–water partition coefficient (Wildman–Crippen LogP) is 2.20. The van der Waals surface area contributed by atoms with Crippen molar-refractivity contribution in [1.29, 1.82) is 0 Å². The number of thiazole rings is 1. The summed E-state index contributed by atoms with van der Waals surface area (Å²) in [6, 6.07) is 0. The topological polar surface area (TPSA) is 53.5 Å². The fraction of sp³-hybridized carbons (Fsp3) is 0.706. The van der Waals surface area contributed by atoms with E-state index >= 15 is 0 Å². The fourth-order valence-electron chi connectivity index (χ4n) is 3.79. The summed E-state index contributed by atoms with van der Waals surface area (Å²) in [5, 5.41) is 1.13. The Balaban J connectivity index is 1.62. The van der Waals surface area contributed by atoms with E-state index in [2.05, 4.69) is 6.92 Å². The highest BCUT2D eigenvalue weighted by Gasteiger charge is 2.33. The molecule has 1 fully saturated rings. The zero-order valence-electron chi connectivity index (χ0n) is 14.2. The number of hydrogen-bond acceptors (Lipinski definition) is 4. The van der Waals surface area contributed by atoms with E-state index in [-0.39, 0.29) is 17.7 Å². The highest BCUT2D eigenvalue weighted by molar-refractivity contribution is 7.11. The highest BCUT2D eigenvalue weighted by atomic mass is 32.1. The van der Waals surface area contributed by atoms with Crippen LogP contribution in [0, 0.1) is 12.8 Å². The summed E-state index contributed by atoms with van der Waals surface area (Å²) in [6.07, 6.45) is 4.21. The van der Waals surface area contributed by atoms with Crippen LogP contribution in [0.5, 0.6) is 0 Å². The van der Waals surface area contributed by atoms with Crippen LogP contribution >= 0.6 is 11.3 Å². The average molecular weight is 335 g/mol. The third-order valence-corrected chi connectivity index (χ3v) is 6.08. The number of likely N-dealkylation sites (tertiary alicyclic amines) is 1. The molecule has 1 aromatic heterocycles. The summed E-state index contributed by atoms with van der Waals surface area (Å²) >= 11 is 1.80. The van der Waals surface area contributed by atoms with Gasteiger partial charge in [0.15, 0.2) is 0 Å². The Bertz CT molecular complexity index is 613. The first-order valence-electron chi connectivity index (χ1n) is 8.42. The minimum absolute atomic E-state index is 0.0378.